The second kappa shape index (κ2) is 5.20. The summed E-state index contributed by atoms with van der Waals surface area (Å²) in [4.78, 5) is 13.3. The molecule has 1 saturated carbocycles. The van der Waals surface area contributed by atoms with Gasteiger partial charge in [-0.1, -0.05) is 39.0 Å². The van der Waals surface area contributed by atoms with Crippen LogP contribution in [-0.2, 0) is 10.2 Å². The monoisotopic (exact) mass is 277 g/mol. The van der Waals surface area contributed by atoms with Crippen molar-refractivity contribution in [2.75, 3.05) is 12.8 Å². The van der Waals surface area contributed by atoms with E-state index in [1.807, 2.05) is 20.8 Å². The lowest BCUT2D eigenvalue weighted by atomic mass is 9.93. The van der Waals surface area contributed by atoms with Crippen LogP contribution in [0.2, 0.25) is 0 Å². The van der Waals surface area contributed by atoms with Crippen LogP contribution in [0.5, 0.6) is 0 Å². The highest BCUT2D eigenvalue weighted by Gasteiger charge is 2.45. The van der Waals surface area contributed by atoms with Crippen molar-refractivity contribution in [3.8, 4) is 0 Å². The molecule has 1 aliphatic rings. The Hall–Kier alpha value is -0.960. The van der Waals surface area contributed by atoms with Crippen molar-refractivity contribution in [1.29, 1.82) is 0 Å². The van der Waals surface area contributed by atoms with E-state index in [9.17, 15) is 4.79 Å². The van der Waals surface area contributed by atoms with Crippen LogP contribution < -0.4 is 5.32 Å². The van der Waals surface area contributed by atoms with Crippen molar-refractivity contribution in [1.82, 2.24) is 5.32 Å². The molecule has 0 aliphatic heterocycles. The van der Waals surface area contributed by atoms with Crippen LogP contribution in [0.3, 0.4) is 0 Å². The Balaban J connectivity index is 2.10. The summed E-state index contributed by atoms with van der Waals surface area (Å²) < 4.78 is 0. The average Bonchev–Trinajstić information content (AvgIpc) is 3.16. The lowest BCUT2D eigenvalue weighted by Gasteiger charge is -2.23. The fourth-order valence-electron chi connectivity index (χ4n) is 2.29. The first kappa shape index (κ1) is 14.4. The minimum absolute atomic E-state index is 0.139. The third-order valence-corrected chi connectivity index (χ3v) is 4.60. The van der Waals surface area contributed by atoms with Crippen molar-refractivity contribution in [2.45, 2.75) is 43.9 Å². The van der Waals surface area contributed by atoms with Crippen LogP contribution in [0, 0.1) is 5.41 Å². The van der Waals surface area contributed by atoms with E-state index in [0.29, 0.717) is 0 Å². The first-order valence-electron chi connectivity index (χ1n) is 6.81. The zero-order valence-electron chi connectivity index (χ0n) is 12.2. The third kappa shape index (κ3) is 3.14. The molecule has 0 spiro atoms. The number of carbonyl (C=O) groups excluding carboxylic acids is 1. The molecular formula is C16H23NOS. The molecule has 0 radical (unpaired) electrons. The highest BCUT2D eigenvalue weighted by atomic mass is 32.2. The minimum atomic E-state index is -0.310. The van der Waals surface area contributed by atoms with Gasteiger partial charge in [-0.3, -0.25) is 4.79 Å². The van der Waals surface area contributed by atoms with Crippen LogP contribution in [-0.4, -0.2) is 18.7 Å². The Morgan fingerprint density at radius 2 is 1.95 bits per heavy atom. The van der Waals surface area contributed by atoms with Crippen molar-refractivity contribution in [2.24, 2.45) is 5.41 Å². The summed E-state index contributed by atoms with van der Waals surface area (Å²) in [6.45, 7) is 6.63. The molecule has 1 aromatic rings. The van der Waals surface area contributed by atoms with E-state index in [0.717, 1.165) is 6.54 Å². The van der Waals surface area contributed by atoms with Gasteiger partial charge in [0.05, 0.1) is 0 Å². The summed E-state index contributed by atoms with van der Waals surface area (Å²) >= 11 is 1.79. The number of amides is 1. The molecule has 0 unspecified atom stereocenters. The first-order valence-corrected chi connectivity index (χ1v) is 8.03. The maximum atomic E-state index is 12.0. The molecule has 2 rings (SSSR count). The molecular weight excluding hydrogens is 254 g/mol. The number of nitrogens with one attached hydrogen (secondary N) is 1. The van der Waals surface area contributed by atoms with E-state index in [-0.39, 0.29) is 16.7 Å². The Morgan fingerprint density at radius 1 is 1.32 bits per heavy atom. The van der Waals surface area contributed by atoms with Gasteiger partial charge in [-0.25, -0.2) is 0 Å². The zero-order chi connectivity index (χ0) is 14.1. The maximum absolute atomic E-state index is 12.0. The van der Waals surface area contributed by atoms with E-state index in [2.05, 4.69) is 35.8 Å². The summed E-state index contributed by atoms with van der Waals surface area (Å²) in [5.74, 6) is 0.139. The fourth-order valence-corrected chi connectivity index (χ4v) is 3.01. The van der Waals surface area contributed by atoms with Crippen molar-refractivity contribution < 1.29 is 4.79 Å². The van der Waals surface area contributed by atoms with Crippen molar-refractivity contribution >= 4 is 17.7 Å². The third-order valence-electron chi connectivity index (χ3n) is 3.80. The van der Waals surface area contributed by atoms with E-state index >= 15 is 0 Å². The molecule has 19 heavy (non-hydrogen) atoms. The molecule has 1 fully saturated rings. The van der Waals surface area contributed by atoms with E-state index < -0.39 is 0 Å². The number of benzene rings is 1. The van der Waals surface area contributed by atoms with E-state index in [1.54, 1.807) is 11.8 Å². The smallest absolute Gasteiger partial charge is 0.225 e. The van der Waals surface area contributed by atoms with Gasteiger partial charge in [0.2, 0.25) is 5.91 Å². The average molecular weight is 277 g/mol. The number of carbonyl (C=O) groups is 1. The van der Waals surface area contributed by atoms with Crippen LogP contribution in [0.15, 0.2) is 29.2 Å². The van der Waals surface area contributed by atoms with Gasteiger partial charge in [0, 0.05) is 22.3 Å². The standard InChI is InChI=1S/C16H23NOS/c1-15(2,3)14(18)17-11-16(9-10-16)12-7-5-6-8-13(12)19-4/h5-8H,9-11H2,1-4H3,(H,17,18). The molecule has 104 valence electrons. The summed E-state index contributed by atoms with van der Waals surface area (Å²) in [6, 6.07) is 8.56. The molecule has 3 heteroatoms. The SMILES string of the molecule is CSc1ccccc1C1(CNC(=O)C(C)(C)C)CC1. The summed E-state index contributed by atoms with van der Waals surface area (Å²) in [5, 5.41) is 3.13. The maximum Gasteiger partial charge on any atom is 0.225 e. The molecule has 0 atom stereocenters. The molecule has 0 heterocycles. The molecule has 1 aliphatic carbocycles. The topological polar surface area (TPSA) is 29.1 Å². The normalized spacial score (nSPS) is 17.1. The number of rotatable bonds is 4. The molecule has 2 nitrogen and oxygen atoms in total. The minimum Gasteiger partial charge on any atom is -0.355 e. The second-order valence-corrected chi connectivity index (χ2v) is 7.26. The van der Waals surface area contributed by atoms with Gasteiger partial charge in [0.1, 0.15) is 0 Å². The Kier molecular flexibility index (Phi) is 3.95. The quantitative estimate of drug-likeness (QED) is 0.852. The zero-order valence-corrected chi connectivity index (χ0v) is 13.1. The highest BCUT2D eigenvalue weighted by molar-refractivity contribution is 7.98. The lowest BCUT2D eigenvalue weighted by Crippen LogP contribution is -2.39. The molecule has 1 aromatic carbocycles. The predicted molar refractivity (Wildman–Crippen MR) is 81.6 cm³/mol. The van der Waals surface area contributed by atoms with Crippen LogP contribution >= 0.6 is 11.8 Å². The van der Waals surface area contributed by atoms with Crippen LogP contribution in [0.4, 0.5) is 0 Å². The second-order valence-electron chi connectivity index (χ2n) is 6.41. The van der Waals surface area contributed by atoms with Gasteiger partial charge in [-0.15, -0.1) is 11.8 Å². The molecule has 0 bridgehead atoms. The van der Waals surface area contributed by atoms with E-state index in [4.69, 9.17) is 0 Å². The number of thioether (sulfide) groups is 1. The summed E-state index contributed by atoms with van der Waals surface area (Å²) in [6.07, 6.45) is 4.46. The van der Waals surface area contributed by atoms with Gasteiger partial charge < -0.3 is 5.32 Å². The Bertz CT molecular complexity index is 472. The largest absolute Gasteiger partial charge is 0.355 e. The fraction of sp³-hybridized carbons (Fsp3) is 0.562. The van der Waals surface area contributed by atoms with Gasteiger partial charge >= 0.3 is 0 Å². The summed E-state index contributed by atoms with van der Waals surface area (Å²) in [7, 11) is 0. The molecule has 1 amide bonds. The van der Waals surface area contributed by atoms with Gasteiger partial charge in [0.15, 0.2) is 0 Å². The Morgan fingerprint density at radius 3 is 2.47 bits per heavy atom. The van der Waals surface area contributed by atoms with Gasteiger partial charge in [0.25, 0.3) is 0 Å². The van der Waals surface area contributed by atoms with Crippen molar-refractivity contribution in [3.63, 3.8) is 0 Å². The molecule has 1 N–H and O–H groups in total. The van der Waals surface area contributed by atoms with Crippen LogP contribution in [0.25, 0.3) is 0 Å². The lowest BCUT2D eigenvalue weighted by molar-refractivity contribution is -0.128. The van der Waals surface area contributed by atoms with E-state index in [1.165, 1.54) is 23.3 Å². The Labute approximate surface area is 120 Å². The highest BCUT2D eigenvalue weighted by Crippen LogP contribution is 2.50. The summed E-state index contributed by atoms with van der Waals surface area (Å²) in [5.41, 5.74) is 1.27. The number of hydrogen-bond acceptors (Lipinski definition) is 2. The van der Waals surface area contributed by atoms with Crippen molar-refractivity contribution in [3.05, 3.63) is 29.8 Å². The number of hydrogen-bond donors (Lipinski definition) is 1. The van der Waals surface area contributed by atoms with Gasteiger partial charge in [-0.05, 0) is 30.7 Å². The molecule has 0 aromatic heterocycles. The van der Waals surface area contributed by atoms with Crippen LogP contribution in [0.1, 0.15) is 39.2 Å². The van der Waals surface area contributed by atoms with Gasteiger partial charge in [-0.2, -0.15) is 0 Å². The molecule has 0 saturated heterocycles. The predicted octanol–water partition coefficient (Wildman–Crippen LogP) is 3.60. The first-order chi connectivity index (χ1) is 8.89.